The van der Waals surface area contributed by atoms with Crippen LogP contribution >= 0.6 is 0 Å². The highest BCUT2D eigenvalue weighted by Crippen LogP contribution is 2.37. The Morgan fingerprint density at radius 1 is 1.18 bits per heavy atom. The van der Waals surface area contributed by atoms with E-state index in [1.807, 2.05) is 18.7 Å². The van der Waals surface area contributed by atoms with Crippen molar-refractivity contribution in [1.29, 1.82) is 0 Å². The van der Waals surface area contributed by atoms with E-state index in [1.165, 1.54) is 19.3 Å². The first-order valence-electron chi connectivity index (χ1n) is 6.76. The number of carbonyl (C=O) groups is 1. The van der Waals surface area contributed by atoms with Gasteiger partial charge >= 0.3 is 6.03 Å². The minimum atomic E-state index is -0.272. The number of rotatable bonds is 1. The number of amides is 2. The second-order valence-electron chi connectivity index (χ2n) is 5.54. The number of hydrogen-bond donors (Lipinski definition) is 1. The predicted molar refractivity (Wildman–Crippen MR) is 69.0 cm³/mol. The average molecular weight is 237 g/mol. The molecule has 1 heterocycles. The fourth-order valence-electron chi connectivity index (χ4n) is 3.27. The number of amidine groups is 1. The van der Waals surface area contributed by atoms with Gasteiger partial charge in [0.25, 0.3) is 0 Å². The van der Waals surface area contributed by atoms with E-state index in [0.717, 1.165) is 25.7 Å². The van der Waals surface area contributed by atoms with Crippen LogP contribution in [0.4, 0.5) is 4.79 Å². The van der Waals surface area contributed by atoms with Gasteiger partial charge in [-0.15, -0.1) is 0 Å². The van der Waals surface area contributed by atoms with Crippen LogP contribution in [-0.2, 0) is 0 Å². The lowest BCUT2D eigenvalue weighted by molar-refractivity contribution is 0.127. The van der Waals surface area contributed by atoms with Crippen LogP contribution in [0.2, 0.25) is 0 Å². The number of hydrogen-bond acceptors (Lipinski definition) is 2. The quantitative estimate of drug-likeness (QED) is 0.762. The van der Waals surface area contributed by atoms with E-state index in [4.69, 9.17) is 5.73 Å². The Balaban J connectivity index is 2.29. The third kappa shape index (κ3) is 2.05. The van der Waals surface area contributed by atoms with E-state index < -0.39 is 0 Å². The largest absolute Gasteiger partial charge is 0.385 e. The van der Waals surface area contributed by atoms with Crippen molar-refractivity contribution in [1.82, 2.24) is 4.90 Å². The molecule has 4 nitrogen and oxygen atoms in total. The lowest BCUT2D eigenvalue weighted by Gasteiger charge is -2.41. The van der Waals surface area contributed by atoms with Gasteiger partial charge in [0.2, 0.25) is 0 Å². The monoisotopic (exact) mass is 237 g/mol. The molecule has 0 aromatic heterocycles. The van der Waals surface area contributed by atoms with Crippen molar-refractivity contribution in [2.75, 3.05) is 0 Å². The molecule has 4 heteroatoms. The molecule has 1 saturated carbocycles. The summed E-state index contributed by atoms with van der Waals surface area (Å²) in [5.74, 6) is 0.554. The molecule has 2 amide bonds. The molecule has 0 bridgehead atoms. The van der Waals surface area contributed by atoms with Gasteiger partial charge in [0.05, 0.1) is 0 Å². The number of nitrogens with zero attached hydrogens (tertiary/aromatic N) is 2. The molecule has 2 rings (SSSR count). The minimum Gasteiger partial charge on any atom is -0.385 e. The van der Waals surface area contributed by atoms with Gasteiger partial charge in [-0.05, 0) is 26.7 Å². The van der Waals surface area contributed by atoms with Crippen LogP contribution in [0, 0.1) is 0 Å². The highest BCUT2D eigenvalue weighted by molar-refractivity contribution is 6.05. The van der Waals surface area contributed by atoms with E-state index in [2.05, 4.69) is 4.99 Å². The van der Waals surface area contributed by atoms with Gasteiger partial charge in [0.15, 0.2) is 0 Å². The molecule has 1 aliphatic carbocycles. The summed E-state index contributed by atoms with van der Waals surface area (Å²) in [5.41, 5.74) is 5.80. The Kier molecular flexibility index (Phi) is 3.40. The van der Waals surface area contributed by atoms with Crippen molar-refractivity contribution in [3.05, 3.63) is 0 Å². The van der Waals surface area contributed by atoms with Gasteiger partial charge in [0, 0.05) is 6.04 Å². The van der Waals surface area contributed by atoms with Crippen molar-refractivity contribution in [3.63, 3.8) is 0 Å². The Bertz CT molecular complexity index is 328. The molecule has 1 spiro atoms. The molecule has 0 atom stereocenters. The molecule has 1 aliphatic heterocycles. The smallest absolute Gasteiger partial charge is 0.346 e. The second-order valence-corrected chi connectivity index (χ2v) is 5.54. The number of carbonyl (C=O) groups excluding carboxylic acids is 1. The first-order valence-corrected chi connectivity index (χ1v) is 6.76. The summed E-state index contributed by atoms with van der Waals surface area (Å²) < 4.78 is 0. The van der Waals surface area contributed by atoms with Gasteiger partial charge in [-0.3, -0.25) is 0 Å². The molecule has 0 aromatic rings. The second kappa shape index (κ2) is 4.67. The fourth-order valence-corrected chi connectivity index (χ4v) is 3.27. The summed E-state index contributed by atoms with van der Waals surface area (Å²) in [6, 6.07) is 0.0322. The normalized spacial score (nSPS) is 25.0. The molecular weight excluding hydrogens is 214 g/mol. The molecular formula is C13H23N3O. The Morgan fingerprint density at radius 3 is 2.24 bits per heavy atom. The number of urea groups is 1. The molecule has 17 heavy (non-hydrogen) atoms. The van der Waals surface area contributed by atoms with Crippen LogP contribution in [0.1, 0.15) is 58.8 Å². The van der Waals surface area contributed by atoms with Gasteiger partial charge < -0.3 is 10.6 Å². The molecule has 2 N–H and O–H groups in total. The van der Waals surface area contributed by atoms with Crippen LogP contribution in [0.3, 0.4) is 0 Å². The van der Waals surface area contributed by atoms with Crippen LogP contribution in [-0.4, -0.2) is 28.3 Å². The van der Waals surface area contributed by atoms with Crippen molar-refractivity contribution in [2.24, 2.45) is 10.7 Å². The molecule has 0 unspecified atom stereocenters. The van der Waals surface area contributed by atoms with Crippen molar-refractivity contribution < 1.29 is 4.79 Å². The standard InChI is InChI=1S/C13H23N3O/c1-10(2)16-12(17)15-11(14)13(16)8-6-4-3-5-7-9-13/h10H,3-9H2,1-2H3,(H2,14,15,17). The molecule has 96 valence electrons. The summed E-state index contributed by atoms with van der Waals surface area (Å²) in [4.78, 5) is 17.9. The summed E-state index contributed by atoms with van der Waals surface area (Å²) in [7, 11) is 0. The van der Waals surface area contributed by atoms with Gasteiger partial charge in [-0.25, -0.2) is 4.79 Å². The van der Waals surface area contributed by atoms with Gasteiger partial charge in [-0.1, -0.05) is 32.1 Å². The maximum Gasteiger partial charge on any atom is 0.346 e. The summed E-state index contributed by atoms with van der Waals surface area (Å²) in [6.07, 6.45) is 8.05. The van der Waals surface area contributed by atoms with Crippen LogP contribution < -0.4 is 5.73 Å². The van der Waals surface area contributed by atoms with E-state index in [1.54, 1.807) is 0 Å². The maximum absolute atomic E-state index is 12.0. The minimum absolute atomic E-state index is 0.141. The van der Waals surface area contributed by atoms with Gasteiger partial charge in [-0.2, -0.15) is 4.99 Å². The molecule has 1 fully saturated rings. The average Bonchev–Trinajstić information content (AvgIpc) is 2.44. The van der Waals surface area contributed by atoms with Crippen LogP contribution in [0.15, 0.2) is 4.99 Å². The number of nitrogens with two attached hydrogens (primary N) is 1. The van der Waals surface area contributed by atoms with E-state index >= 15 is 0 Å². The van der Waals surface area contributed by atoms with Crippen molar-refractivity contribution in [3.8, 4) is 0 Å². The summed E-state index contributed by atoms with van der Waals surface area (Å²) in [6.45, 7) is 4.10. The van der Waals surface area contributed by atoms with E-state index in [-0.39, 0.29) is 17.6 Å². The molecule has 0 saturated heterocycles. The van der Waals surface area contributed by atoms with E-state index in [0.29, 0.717) is 5.84 Å². The van der Waals surface area contributed by atoms with Crippen LogP contribution in [0.25, 0.3) is 0 Å². The maximum atomic E-state index is 12.0. The summed E-state index contributed by atoms with van der Waals surface area (Å²) >= 11 is 0. The lowest BCUT2D eigenvalue weighted by Crippen LogP contribution is -2.56. The Labute approximate surface area is 103 Å². The fraction of sp³-hybridized carbons (Fsp3) is 0.846. The lowest BCUT2D eigenvalue weighted by atomic mass is 9.81. The highest BCUT2D eigenvalue weighted by atomic mass is 16.2. The van der Waals surface area contributed by atoms with Crippen LogP contribution in [0.5, 0.6) is 0 Å². The molecule has 0 aromatic carbocycles. The first-order chi connectivity index (χ1) is 8.08. The van der Waals surface area contributed by atoms with Crippen molar-refractivity contribution in [2.45, 2.75) is 70.4 Å². The molecule has 2 aliphatic rings. The van der Waals surface area contributed by atoms with Crippen molar-refractivity contribution >= 4 is 11.9 Å². The third-order valence-corrected chi connectivity index (χ3v) is 4.06. The topological polar surface area (TPSA) is 58.7 Å². The zero-order valence-electron chi connectivity index (χ0n) is 10.9. The first kappa shape index (κ1) is 12.4. The predicted octanol–water partition coefficient (Wildman–Crippen LogP) is 2.67. The zero-order valence-corrected chi connectivity index (χ0v) is 10.9. The van der Waals surface area contributed by atoms with E-state index in [9.17, 15) is 4.79 Å². The van der Waals surface area contributed by atoms with Gasteiger partial charge in [0.1, 0.15) is 11.4 Å². The number of aliphatic imine (C=N–C) groups is 1. The third-order valence-electron chi connectivity index (χ3n) is 4.06. The Hall–Kier alpha value is -1.06. The SMILES string of the molecule is CC(C)N1C(=O)N=C(N)C12CCCCCCC2. The summed E-state index contributed by atoms with van der Waals surface area (Å²) in [5, 5.41) is 0. The zero-order chi connectivity index (χ0) is 12.5. The molecule has 0 radical (unpaired) electrons. The Morgan fingerprint density at radius 2 is 1.71 bits per heavy atom. The highest BCUT2D eigenvalue weighted by Gasteiger charge is 2.48.